The number of nitrogens with zero attached hydrogens (tertiary/aromatic N) is 2. The fraction of sp³-hybridized carbons (Fsp3) is 0.385. The number of ether oxygens (including phenoxy) is 1. The number of nitrogens with one attached hydrogen (secondary N) is 2. The van der Waals surface area contributed by atoms with Crippen molar-refractivity contribution in [2.45, 2.75) is 29.9 Å². The number of aromatic nitrogens is 1. The minimum Gasteiger partial charge on any atom is -0.490 e. The van der Waals surface area contributed by atoms with Gasteiger partial charge >= 0.3 is 0 Å². The van der Waals surface area contributed by atoms with Crippen molar-refractivity contribution in [3.63, 3.8) is 0 Å². The average Bonchev–Trinajstić information content (AvgIpc) is 2.90. The Kier molecular flexibility index (Phi) is 9.20. The molecule has 1 unspecified atom stereocenters. The van der Waals surface area contributed by atoms with Crippen molar-refractivity contribution >= 4 is 49.9 Å². The molecule has 1 fully saturated rings. The Labute approximate surface area is 236 Å². The number of piperidine rings is 1. The molecular weight excluding hydrogens is 567 g/mol. The monoisotopic (exact) mass is 596 g/mol. The third-order valence-electron chi connectivity index (χ3n) is 6.59. The van der Waals surface area contributed by atoms with Crippen LogP contribution in [0.15, 0.2) is 52.3 Å². The number of sulfonamides is 1. The van der Waals surface area contributed by atoms with Gasteiger partial charge in [-0.05, 0) is 37.1 Å². The van der Waals surface area contributed by atoms with Crippen LogP contribution in [0.1, 0.15) is 23.2 Å². The molecule has 1 aliphatic heterocycles. The molecule has 3 N–H and O–H groups in total. The summed E-state index contributed by atoms with van der Waals surface area (Å²) >= 11 is 12.0. The van der Waals surface area contributed by atoms with Gasteiger partial charge in [0.05, 0.1) is 26.6 Å². The molecule has 1 saturated heterocycles. The number of hydrogen-bond acceptors (Lipinski definition) is 7. The second-order valence-electron chi connectivity index (χ2n) is 9.58. The van der Waals surface area contributed by atoms with Crippen molar-refractivity contribution in [2.75, 3.05) is 40.3 Å². The molecule has 1 aliphatic rings. The van der Waals surface area contributed by atoms with E-state index < -0.39 is 27.6 Å². The van der Waals surface area contributed by atoms with Gasteiger partial charge in [0.1, 0.15) is 11.9 Å². The highest BCUT2D eigenvalue weighted by Crippen LogP contribution is 2.28. The lowest BCUT2D eigenvalue weighted by Gasteiger charge is -2.33. The van der Waals surface area contributed by atoms with Gasteiger partial charge in [0.2, 0.25) is 10.0 Å². The van der Waals surface area contributed by atoms with E-state index >= 15 is 0 Å². The highest BCUT2D eigenvalue weighted by atomic mass is 35.5. The van der Waals surface area contributed by atoms with Gasteiger partial charge in [-0.15, -0.1) is 0 Å². The molecule has 2 aromatic carbocycles. The molecule has 0 spiro atoms. The Balaban J connectivity index is 1.31. The summed E-state index contributed by atoms with van der Waals surface area (Å²) in [5, 5.41) is 14.6. The van der Waals surface area contributed by atoms with Crippen LogP contribution < -0.4 is 15.6 Å². The van der Waals surface area contributed by atoms with Gasteiger partial charge in [-0.3, -0.25) is 9.59 Å². The highest BCUT2D eigenvalue weighted by Gasteiger charge is 2.24. The van der Waals surface area contributed by atoms with Gasteiger partial charge in [0.25, 0.3) is 11.5 Å². The molecule has 210 valence electrons. The number of likely N-dealkylation sites (tertiary alicyclic amines) is 1. The number of H-pyrrole nitrogens is 1. The van der Waals surface area contributed by atoms with Gasteiger partial charge in [-0.25, -0.2) is 12.7 Å². The number of rotatable bonds is 9. The van der Waals surface area contributed by atoms with E-state index in [0.717, 1.165) is 30.2 Å². The van der Waals surface area contributed by atoms with Crippen LogP contribution in [0.25, 0.3) is 10.8 Å². The first-order valence-corrected chi connectivity index (χ1v) is 14.5. The molecule has 1 atom stereocenters. The van der Waals surface area contributed by atoms with Crippen LogP contribution in [0.5, 0.6) is 5.75 Å². The van der Waals surface area contributed by atoms with Gasteiger partial charge in [0.15, 0.2) is 0 Å². The lowest BCUT2D eigenvalue weighted by Crippen LogP contribution is -2.45. The van der Waals surface area contributed by atoms with Gasteiger partial charge in [-0.2, -0.15) is 0 Å². The number of β-amino-alcohol motifs (C(OH)–C–C–N with tert-alkyl or cyclic N) is 1. The zero-order valence-corrected chi connectivity index (χ0v) is 23.8. The second-order valence-corrected chi connectivity index (χ2v) is 12.6. The minimum absolute atomic E-state index is 0.00620. The number of amides is 1. The molecule has 10 nitrogen and oxygen atoms in total. The summed E-state index contributed by atoms with van der Waals surface area (Å²) in [5.41, 5.74) is -0.338. The van der Waals surface area contributed by atoms with Gasteiger partial charge < -0.3 is 25.0 Å². The Morgan fingerprint density at radius 3 is 2.54 bits per heavy atom. The van der Waals surface area contributed by atoms with E-state index in [4.69, 9.17) is 27.9 Å². The summed E-state index contributed by atoms with van der Waals surface area (Å²) in [4.78, 5) is 29.8. The zero-order chi connectivity index (χ0) is 28.3. The molecule has 2 heterocycles. The first-order valence-electron chi connectivity index (χ1n) is 12.3. The fourth-order valence-corrected chi connectivity index (χ4v) is 5.64. The molecule has 13 heteroatoms. The van der Waals surface area contributed by atoms with E-state index in [2.05, 4.69) is 15.2 Å². The van der Waals surface area contributed by atoms with E-state index in [0.29, 0.717) is 27.7 Å². The van der Waals surface area contributed by atoms with Crippen molar-refractivity contribution in [3.05, 3.63) is 68.6 Å². The van der Waals surface area contributed by atoms with Crippen molar-refractivity contribution in [1.82, 2.24) is 19.5 Å². The number of benzene rings is 2. The van der Waals surface area contributed by atoms with E-state index in [1.54, 1.807) is 18.2 Å². The normalized spacial score (nSPS) is 15.9. The smallest absolute Gasteiger partial charge is 0.255 e. The first-order chi connectivity index (χ1) is 18.5. The maximum atomic E-state index is 12.9. The molecule has 4 rings (SSSR count). The first kappa shape index (κ1) is 29.3. The fourth-order valence-electron chi connectivity index (χ4n) is 4.42. The summed E-state index contributed by atoms with van der Waals surface area (Å²) in [6.45, 7) is 1.82. The van der Waals surface area contributed by atoms with Crippen LogP contribution in [0, 0.1) is 0 Å². The number of aliphatic hydroxyl groups excluding tert-OH is 1. The number of fused-ring (bicyclic) bond motifs is 1. The summed E-state index contributed by atoms with van der Waals surface area (Å²) in [6.07, 6.45) is 2.04. The molecule has 0 saturated carbocycles. The number of hydrogen-bond donors (Lipinski definition) is 3. The van der Waals surface area contributed by atoms with Crippen LogP contribution in [-0.2, 0) is 10.0 Å². The number of carbonyl (C=O) groups excluding carboxylic acids is 1. The number of aromatic amines is 1. The van der Waals surface area contributed by atoms with E-state index in [1.807, 2.05) is 0 Å². The lowest BCUT2D eigenvalue weighted by molar-refractivity contribution is 0.0594. The highest BCUT2D eigenvalue weighted by molar-refractivity contribution is 7.89. The zero-order valence-electron chi connectivity index (χ0n) is 21.5. The van der Waals surface area contributed by atoms with Crippen molar-refractivity contribution in [1.29, 1.82) is 0 Å². The lowest BCUT2D eigenvalue weighted by atomic mass is 10.1. The van der Waals surface area contributed by atoms with Crippen molar-refractivity contribution < 1.29 is 23.1 Å². The predicted octanol–water partition coefficient (Wildman–Crippen LogP) is 2.72. The van der Waals surface area contributed by atoms with Gasteiger partial charge in [-0.1, -0.05) is 29.3 Å². The van der Waals surface area contributed by atoms with Crippen molar-refractivity contribution in [2.24, 2.45) is 0 Å². The Morgan fingerprint density at radius 2 is 1.87 bits per heavy atom. The molecular formula is C26H30Cl2N4O6S. The Morgan fingerprint density at radius 1 is 1.15 bits per heavy atom. The van der Waals surface area contributed by atoms with Crippen LogP contribution in [0.3, 0.4) is 0 Å². The van der Waals surface area contributed by atoms with Crippen LogP contribution in [0.2, 0.25) is 10.0 Å². The maximum absolute atomic E-state index is 12.9. The van der Waals surface area contributed by atoms with Crippen molar-refractivity contribution in [3.8, 4) is 5.75 Å². The minimum atomic E-state index is -3.75. The number of carbonyl (C=O) groups is 1. The number of halogens is 2. The molecule has 1 amide bonds. The largest absolute Gasteiger partial charge is 0.490 e. The quantitative estimate of drug-likeness (QED) is 0.346. The SMILES string of the molecule is CN(C)S(=O)(=O)c1ccc2c(C(=O)NCC(O)CN3CCC(Oc4ccc(Cl)c(Cl)c4)CC3)c[nH]c(=O)c2c1. The molecule has 0 aliphatic carbocycles. The van der Waals surface area contributed by atoms with Crippen LogP contribution >= 0.6 is 23.2 Å². The third-order valence-corrected chi connectivity index (χ3v) is 9.14. The number of aliphatic hydroxyl groups is 1. The van der Waals surface area contributed by atoms with Crippen LogP contribution in [-0.4, -0.2) is 86.1 Å². The van der Waals surface area contributed by atoms with E-state index in [1.165, 1.54) is 38.5 Å². The maximum Gasteiger partial charge on any atom is 0.255 e. The average molecular weight is 598 g/mol. The molecule has 39 heavy (non-hydrogen) atoms. The summed E-state index contributed by atoms with van der Waals surface area (Å²) < 4.78 is 32.0. The standard InChI is InChI=1S/C26H30Cl2N4O6S/c1-31(2)39(36,37)19-4-5-20-21(12-19)25(34)30-14-22(20)26(35)29-13-16(33)15-32-9-7-17(8-10-32)38-18-3-6-23(27)24(28)11-18/h3-6,11-12,14,16-17,33H,7-10,13,15H2,1-2H3,(H,29,35)(H,30,34). The Bertz CT molecular complexity index is 1520. The second kappa shape index (κ2) is 12.2. The predicted molar refractivity (Wildman–Crippen MR) is 150 cm³/mol. The van der Waals surface area contributed by atoms with Gasteiger partial charge in [0, 0.05) is 63.3 Å². The summed E-state index contributed by atoms with van der Waals surface area (Å²) in [6, 6.07) is 9.22. The topological polar surface area (TPSA) is 132 Å². The van der Waals surface area contributed by atoms with Crippen LogP contribution in [0.4, 0.5) is 0 Å². The molecule has 0 radical (unpaired) electrons. The summed E-state index contributed by atoms with van der Waals surface area (Å²) in [5.74, 6) is 0.170. The van der Waals surface area contributed by atoms with E-state index in [-0.39, 0.29) is 28.5 Å². The molecule has 3 aromatic rings. The molecule has 0 bridgehead atoms. The van der Waals surface area contributed by atoms with E-state index in [9.17, 15) is 23.1 Å². The number of pyridine rings is 1. The molecule has 1 aromatic heterocycles. The third kappa shape index (κ3) is 6.92. The Hall–Kier alpha value is -2.67. The summed E-state index contributed by atoms with van der Waals surface area (Å²) in [7, 11) is -0.961.